The van der Waals surface area contributed by atoms with Gasteiger partial charge in [0.25, 0.3) is 0 Å². The van der Waals surface area contributed by atoms with E-state index in [-0.39, 0.29) is 80.1 Å². The first kappa shape index (κ1) is 37.6. The van der Waals surface area contributed by atoms with Crippen LogP contribution in [0.1, 0.15) is 37.4 Å². The Labute approximate surface area is 280 Å². The van der Waals surface area contributed by atoms with E-state index in [1.165, 1.54) is 27.9 Å². The Morgan fingerprint density at radius 3 is 2.04 bits per heavy atom. The smallest absolute Gasteiger partial charge is 0.347 e. The second-order valence-corrected chi connectivity index (χ2v) is 10.9. The SMILES string of the molecule is CN(C)CCOC(=O)COc1ccc(Cl)cc1.COC(=O)c1c(C)c2c(c(C)c1O)OC(=O)c1c(C)c(Cl)c(O)c(Cl)c1O2.Cl. The number of likely N-dealkylation sites (N-methyl/N-ethyl adjacent to an activating group) is 1. The van der Waals surface area contributed by atoms with Crippen molar-refractivity contribution in [2.75, 3.05) is 41.0 Å². The number of carbonyl (C=O) groups excluding carboxylic acids is 3. The number of methoxy groups -OCH3 is 1. The van der Waals surface area contributed by atoms with E-state index >= 15 is 0 Å². The number of esters is 3. The average molecular weight is 707 g/mol. The number of hydrogen-bond donors (Lipinski definition) is 2. The molecule has 3 aromatic carbocycles. The van der Waals surface area contributed by atoms with E-state index in [9.17, 15) is 24.6 Å². The Kier molecular flexibility index (Phi) is 13.4. The van der Waals surface area contributed by atoms with E-state index in [0.29, 0.717) is 23.9 Å². The van der Waals surface area contributed by atoms with Gasteiger partial charge in [0.1, 0.15) is 34.3 Å². The lowest BCUT2D eigenvalue weighted by Gasteiger charge is -2.17. The summed E-state index contributed by atoms with van der Waals surface area (Å²) in [7, 11) is 4.99. The van der Waals surface area contributed by atoms with Crippen molar-refractivity contribution in [1.82, 2.24) is 4.90 Å². The zero-order valence-electron chi connectivity index (χ0n) is 25.1. The van der Waals surface area contributed by atoms with Crippen LogP contribution in [-0.4, -0.2) is 74.0 Å². The molecule has 0 saturated heterocycles. The van der Waals surface area contributed by atoms with Crippen molar-refractivity contribution in [3.63, 3.8) is 0 Å². The predicted molar refractivity (Wildman–Crippen MR) is 171 cm³/mol. The van der Waals surface area contributed by atoms with Crippen molar-refractivity contribution in [1.29, 1.82) is 0 Å². The molecule has 45 heavy (non-hydrogen) atoms. The van der Waals surface area contributed by atoms with Crippen LogP contribution in [0.3, 0.4) is 0 Å². The minimum absolute atomic E-state index is 0. The van der Waals surface area contributed by atoms with E-state index in [4.69, 9.17) is 58.5 Å². The minimum Gasteiger partial charge on any atom is -0.507 e. The normalized spacial score (nSPS) is 11.4. The molecule has 0 spiro atoms. The molecular weight excluding hydrogens is 676 g/mol. The molecule has 0 aliphatic carbocycles. The van der Waals surface area contributed by atoms with Crippen LogP contribution in [-0.2, 0) is 14.3 Å². The van der Waals surface area contributed by atoms with E-state index in [1.807, 2.05) is 19.0 Å². The fraction of sp³-hybridized carbons (Fsp3) is 0.300. The molecule has 0 radical (unpaired) electrons. The highest BCUT2D eigenvalue weighted by Crippen LogP contribution is 2.52. The molecule has 1 aliphatic heterocycles. The van der Waals surface area contributed by atoms with Gasteiger partial charge < -0.3 is 38.8 Å². The number of benzene rings is 3. The van der Waals surface area contributed by atoms with Crippen LogP contribution in [0, 0.1) is 20.8 Å². The van der Waals surface area contributed by atoms with Gasteiger partial charge in [0, 0.05) is 22.7 Å². The van der Waals surface area contributed by atoms with Crippen molar-refractivity contribution in [2.24, 2.45) is 0 Å². The molecule has 0 bridgehead atoms. The Balaban J connectivity index is 0.000000340. The highest BCUT2D eigenvalue weighted by Gasteiger charge is 2.35. The van der Waals surface area contributed by atoms with Gasteiger partial charge >= 0.3 is 17.9 Å². The molecule has 0 atom stereocenters. The number of aromatic hydroxyl groups is 2. The highest BCUT2D eigenvalue weighted by molar-refractivity contribution is 6.39. The second-order valence-electron chi connectivity index (χ2n) is 9.69. The lowest BCUT2D eigenvalue weighted by atomic mass is 10.0. The standard InChI is InChI=1S/C18H14Cl2O7.C12H16ClNO3.ClH/c1-5-9-16(11(20)13(22)10(5)19)26-14-6(2)8(17(23)25-4)12(21)7(3)15(14)27-18(9)24;1-14(2)7-8-16-12(15)9-17-11-5-3-10(13)4-6-11;/h21-22H,1-4H3;3-6H,7-9H2,1-2H3;1H. The first-order chi connectivity index (χ1) is 20.7. The molecule has 2 N–H and O–H groups in total. The molecule has 15 heteroatoms. The average Bonchev–Trinajstić information content (AvgIpc) is 3.14. The Morgan fingerprint density at radius 1 is 0.867 bits per heavy atom. The topological polar surface area (TPSA) is 141 Å². The summed E-state index contributed by atoms with van der Waals surface area (Å²) in [5.41, 5.74) is 0.264. The van der Waals surface area contributed by atoms with Crippen LogP contribution < -0.4 is 14.2 Å². The molecule has 0 saturated carbocycles. The predicted octanol–water partition coefficient (Wildman–Crippen LogP) is 6.69. The quantitative estimate of drug-likeness (QED) is 0.201. The molecule has 1 aliphatic rings. The van der Waals surface area contributed by atoms with Crippen LogP contribution in [0.25, 0.3) is 0 Å². The van der Waals surface area contributed by atoms with Crippen molar-refractivity contribution >= 4 is 65.1 Å². The maximum Gasteiger partial charge on any atom is 0.347 e. The molecule has 0 unspecified atom stereocenters. The Hall–Kier alpha value is -3.61. The number of carbonyl (C=O) groups is 3. The van der Waals surface area contributed by atoms with Gasteiger partial charge in [-0.3, -0.25) is 0 Å². The van der Waals surface area contributed by atoms with E-state index in [0.717, 1.165) is 0 Å². The van der Waals surface area contributed by atoms with Gasteiger partial charge in [-0.2, -0.15) is 0 Å². The number of phenols is 2. The summed E-state index contributed by atoms with van der Waals surface area (Å²) in [6, 6.07) is 6.81. The molecule has 244 valence electrons. The summed E-state index contributed by atoms with van der Waals surface area (Å²) >= 11 is 17.9. The largest absolute Gasteiger partial charge is 0.507 e. The van der Waals surface area contributed by atoms with Crippen molar-refractivity contribution in [3.05, 3.63) is 67.2 Å². The van der Waals surface area contributed by atoms with Gasteiger partial charge in [0.15, 0.2) is 29.6 Å². The number of phenolic OH excluding ortho intramolecular Hbond substituents is 2. The van der Waals surface area contributed by atoms with Crippen molar-refractivity contribution < 1.29 is 48.3 Å². The number of halogens is 4. The zero-order valence-corrected chi connectivity index (χ0v) is 28.2. The molecular formula is C30H31Cl4NO10. The summed E-state index contributed by atoms with van der Waals surface area (Å²) < 4.78 is 26.1. The van der Waals surface area contributed by atoms with E-state index < -0.39 is 23.4 Å². The summed E-state index contributed by atoms with van der Waals surface area (Å²) in [5.74, 6) is -2.51. The summed E-state index contributed by atoms with van der Waals surface area (Å²) in [4.78, 5) is 38.0. The first-order valence-corrected chi connectivity index (χ1v) is 14.1. The van der Waals surface area contributed by atoms with Gasteiger partial charge in [0.2, 0.25) is 0 Å². The second kappa shape index (κ2) is 16.1. The lowest BCUT2D eigenvalue weighted by Crippen LogP contribution is -2.22. The molecule has 0 amide bonds. The molecule has 4 rings (SSSR count). The third kappa shape index (κ3) is 8.56. The first-order valence-electron chi connectivity index (χ1n) is 12.9. The van der Waals surface area contributed by atoms with Gasteiger partial charge in [0.05, 0.1) is 12.1 Å². The number of nitrogens with zero attached hydrogens (tertiary/aromatic N) is 1. The molecule has 1 heterocycles. The molecule has 0 fully saturated rings. The minimum atomic E-state index is -0.835. The Morgan fingerprint density at radius 2 is 1.47 bits per heavy atom. The van der Waals surface area contributed by atoms with Crippen molar-refractivity contribution in [2.45, 2.75) is 20.8 Å². The van der Waals surface area contributed by atoms with Crippen LogP contribution in [0.5, 0.6) is 34.5 Å². The van der Waals surface area contributed by atoms with Crippen LogP contribution >= 0.6 is 47.2 Å². The lowest BCUT2D eigenvalue weighted by molar-refractivity contribution is -0.146. The van der Waals surface area contributed by atoms with E-state index in [1.54, 1.807) is 24.3 Å². The van der Waals surface area contributed by atoms with Gasteiger partial charge in [-0.05, 0) is 64.7 Å². The Bertz CT molecular complexity index is 1590. The number of hydrogen-bond acceptors (Lipinski definition) is 11. The summed E-state index contributed by atoms with van der Waals surface area (Å²) in [6.45, 7) is 5.41. The van der Waals surface area contributed by atoms with Gasteiger partial charge in [-0.1, -0.05) is 34.8 Å². The summed E-state index contributed by atoms with van der Waals surface area (Å²) in [6.07, 6.45) is 0. The number of ether oxygens (including phenoxy) is 5. The molecule has 11 nitrogen and oxygen atoms in total. The fourth-order valence-corrected chi connectivity index (χ4v) is 4.53. The number of fused-ring (bicyclic) bond motifs is 2. The molecule has 3 aromatic rings. The van der Waals surface area contributed by atoms with Crippen LogP contribution in [0.15, 0.2) is 24.3 Å². The van der Waals surface area contributed by atoms with Crippen molar-refractivity contribution in [3.8, 4) is 34.5 Å². The van der Waals surface area contributed by atoms with Gasteiger partial charge in [-0.25, -0.2) is 14.4 Å². The monoisotopic (exact) mass is 705 g/mol. The van der Waals surface area contributed by atoms with E-state index in [2.05, 4.69) is 0 Å². The van der Waals surface area contributed by atoms with Crippen LogP contribution in [0.4, 0.5) is 0 Å². The molecule has 0 aromatic heterocycles. The third-order valence-electron chi connectivity index (χ3n) is 6.37. The maximum absolute atomic E-state index is 12.7. The maximum atomic E-state index is 12.7. The number of rotatable bonds is 7. The fourth-order valence-electron chi connectivity index (χ4n) is 3.94. The third-order valence-corrected chi connectivity index (χ3v) is 7.43. The highest BCUT2D eigenvalue weighted by atomic mass is 35.5. The zero-order chi connectivity index (χ0) is 32.9. The van der Waals surface area contributed by atoms with Gasteiger partial charge in [-0.15, -0.1) is 12.4 Å². The van der Waals surface area contributed by atoms with Crippen LogP contribution in [0.2, 0.25) is 15.1 Å². The summed E-state index contributed by atoms with van der Waals surface area (Å²) in [5, 5.41) is 20.7.